The van der Waals surface area contributed by atoms with Crippen molar-refractivity contribution in [3.63, 3.8) is 0 Å². The van der Waals surface area contributed by atoms with Crippen molar-refractivity contribution in [2.45, 2.75) is 25.3 Å². The first-order valence-electron chi connectivity index (χ1n) is 6.48. The summed E-state index contributed by atoms with van der Waals surface area (Å²) in [4.78, 5) is 14.0. The fourth-order valence-corrected chi connectivity index (χ4v) is 2.97. The molecule has 1 aromatic carbocycles. The summed E-state index contributed by atoms with van der Waals surface area (Å²) in [7, 11) is 1.90. The van der Waals surface area contributed by atoms with Gasteiger partial charge in [0.15, 0.2) is 0 Å². The van der Waals surface area contributed by atoms with E-state index in [2.05, 4.69) is 21.2 Å². The van der Waals surface area contributed by atoms with Gasteiger partial charge in [0.25, 0.3) is 0 Å². The van der Waals surface area contributed by atoms with Gasteiger partial charge in [-0.1, -0.05) is 27.5 Å². The van der Waals surface area contributed by atoms with Crippen LogP contribution < -0.4 is 5.32 Å². The first kappa shape index (κ1) is 17.8. The number of nitrogens with zero attached hydrogens (tertiary/aromatic N) is 1. The third-order valence-corrected chi connectivity index (χ3v) is 4.60. The molecule has 1 aliphatic heterocycles. The van der Waals surface area contributed by atoms with Crippen molar-refractivity contribution in [1.29, 1.82) is 0 Å². The SMILES string of the molecule is CN(C(=O)CCc1cc(Cl)ccc1Br)C1CCNC1.Cl. The Hall–Kier alpha value is -0.290. The van der Waals surface area contributed by atoms with Crippen molar-refractivity contribution in [3.8, 4) is 0 Å². The second-order valence-electron chi connectivity index (χ2n) is 4.89. The van der Waals surface area contributed by atoms with E-state index in [4.69, 9.17) is 11.6 Å². The summed E-state index contributed by atoms with van der Waals surface area (Å²) in [6.45, 7) is 1.91. The monoisotopic (exact) mass is 380 g/mol. The third kappa shape index (κ3) is 4.62. The van der Waals surface area contributed by atoms with Crippen molar-refractivity contribution < 1.29 is 4.79 Å². The lowest BCUT2D eigenvalue weighted by atomic mass is 10.1. The van der Waals surface area contributed by atoms with E-state index >= 15 is 0 Å². The van der Waals surface area contributed by atoms with Crippen LogP contribution in [0.2, 0.25) is 5.02 Å². The Balaban J connectivity index is 0.00000200. The fourth-order valence-electron chi connectivity index (χ4n) is 2.33. The van der Waals surface area contributed by atoms with Gasteiger partial charge in [-0.15, -0.1) is 12.4 Å². The zero-order valence-corrected chi connectivity index (χ0v) is 14.5. The van der Waals surface area contributed by atoms with Crippen LogP contribution in [0.3, 0.4) is 0 Å². The molecule has 0 bridgehead atoms. The maximum Gasteiger partial charge on any atom is 0.222 e. The van der Waals surface area contributed by atoms with Gasteiger partial charge >= 0.3 is 0 Å². The Kier molecular flexibility index (Phi) is 7.30. The summed E-state index contributed by atoms with van der Waals surface area (Å²) < 4.78 is 1.01. The molecule has 1 aromatic rings. The zero-order valence-electron chi connectivity index (χ0n) is 11.4. The van der Waals surface area contributed by atoms with Crippen LogP contribution in [0.4, 0.5) is 0 Å². The summed E-state index contributed by atoms with van der Waals surface area (Å²) in [5, 5.41) is 3.99. The van der Waals surface area contributed by atoms with Gasteiger partial charge in [0.2, 0.25) is 5.91 Å². The minimum atomic E-state index is 0. The maximum atomic E-state index is 12.1. The molecule has 0 radical (unpaired) electrons. The average molecular weight is 382 g/mol. The summed E-state index contributed by atoms with van der Waals surface area (Å²) in [5.41, 5.74) is 1.08. The largest absolute Gasteiger partial charge is 0.341 e. The van der Waals surface area contributed by atoms with Crippen molar-refractivity contribution in [1.82, 2.24) is 10.2 Å². The minimum Gasteiger partial charge on any atom is -0.341 e. The van der Waals surface area contributed by atoms with E-state index < -0.39 is 0 Å². The molecule has 2 rings (SSSR count). The first-order valence-corrected chi connectivity index (χ1v) is 7.65. The van der Waals surface area contributed by atoms with E-state index in [0.29, 0.717) is 23.9 Å². The number of hydrogen-bond donors (Lipinski definition) is 1. The van der Waals surface area contributed by atoms with Gasteiger partial charge in [0.1, 0.15) is 0 Å². The molecule has 0 aliphatic carbocycles. The van der Waals surface area contributed by atoms with Gasteiger partial charge in [-0.3, -0.25) is 4.79 Å². The molecule has 1 unspecified atom stereocenters. The molecule has 20 heavy (non-hydrogen) atoms. The second kappa shape index (κ2) is 8.23. The summed E-state index contributed by atoms with van der Waals surface area (Å²) in [5.74, 6) is 0.195. The molecule has 1 atom stereocenters. The Morgan fingerprint density at radius 3 is 2.95 bits per heavy atom. The van der Waals surface area contributed by atoms with Gasteiger partial charge in [0, 0.05) is 35.6 Å². The minimum absolute atomic E-state index is 0. The number of halogens is 3. The van der Waals surface area contributed by atoms with Crippen molar-refractivity contribution in [2.75, 3.05) is 20.1 Å². The van der Waals surface area contributed by atoms with E-state index in [9.17, 15) is 4.79 Å². The number of likely N-dealkylation sites (N-methyl/N-ethyl adjacent to an activating group) is 1. The highest BCUT2D eigenvalue weighted by Gasteiger charge is 2.22. The summed E-state index contributed by atoms with van der Waals surface area (Å²) >= 11 is 9.46. The number of carbonyl (C=O) groups is 1. The van der Waals surface area contributed by atoms with Crippen LogP contribution in [0.15, 0.2) is 22.7 Å². The van der Waals surface area contributed by atoms with Crippen LogP contribution in [-0.2, 0) is 11.2 Å². The Morgan fingerprint density at radius 2 is 2.30 bits per heavy atom. The van der Waals surface area contributed by atoms with E-state index in [0.717, 1.165) is 29.5 Å². The average Bonchev–Trinajstić information content (AvgIpc) is 2.92. The quantitative estimate of drug-likeness (QED) is 0.867. The molecule has 0 aromatic heterocycles. The number of amides is 1. The van der Waals surface area contributed by atoms with E-state index in [-0.39, 0.29) is 18.3 Å². The highest BCUT2D eigenvalue weighted by molar-refractivity contribution is 9.10. The molecule has 1 heterocycles. The van der Waals surface area contributed by atoms with Crippen LogP contribution in [0.1, 0.15) is 18.4 Å². The maximum absolute atomic E-state index is 12.1. The molecule has 6 heteroatoms. The lowest BCUT2D eigenvalue weighted by molar-refractivity contribution is -0.131. The molecule has 1 amide bonds. The molecular weight excluding hydrogens is 363 g/mol. The van der Waals surface area contributed by atoms with E-state index in [1.165, 1.54) is 0 Å². The van der Waals surface area contributed by atoms with Crippen LogP contribution in [0, 0.1) is 0 Å². The second-order valence-corrected chi connectivity index (χ2v) is 6.18. The van der Waals surface area contributed by atoms with Crippen molar-refractivity contribution in [3.05, 3.63) is 33.3 Å². The lowest BCUT2D eigenvalue weighted by Gasteiger charge is -2.23. The summed E-state index contributed by atoms with van der Waals surface area (Å²) in [6.07, 6.45) is 2.28. The number of carbonyl (C=O) groups excluding carboxylic acids is 1. The number of nitrogens with one attached hydrogen (secondary N) is 1. The topological polar surface area (TPSA) is 32.3 Å². The predicted molar refractivity (Wildman–Crippen MR) is 88.8 cm³/mol. The van der Waals surface area contributed by atoms with Crippen LogP contribution >= 0.6 is 39.9 Å². The normalized spacial score (nSPS) is 17.6. The number of benzene rings is 1. The van der Waals surface area contributed by atoms with Crippen LogP contribution in [0.25, 0.3) is 0 Å². The summed E-state index contributed by atoms with van der Waals surface area (Å²) in [6, 6.07) is 6.02. The Labute approximate surface area is 139 Å². The number of hydrogen-bond acceptors (Lipinski definition) is 2. The molecular formula is C14H19BrCl2N2O. The van der Waals surface area contributed by atoms with Gasteiger partial charge in [-0.2, -0.15) is 0 Å². The van der Waals surface area contributed by atoms with Gasteiger partial charge in [0.05, 0.1) is 0 Å². The highest BCUT2D eigenvalue weighted by Crippen LogP contribution is 2.22. The molecule has 0 saturated carbocycles. The van der Waals surface area contributed by atoms with Gasteiger partial charge in [-0.05, 0) is 43.1 Å². The molecule has 112 valence electrons. The fraction of sp³-hybridized carbons (Fsp3) is 0.500. The first-order chi connectivity index (χ1) is 9.08. The highest BCUT2D eigenvalue weighted by atomic mass is 79.9. The lowest BCUT2D eigenvalue weighted by Crippen LogP contribution is -2.38. The number of rotatable bonds is 4. The van der Waals surface area contributed by atoms with Crippen molar-refractivity contribution >= 4 is 45.8 Å². The van der Waals surface area contributed by atoms with Crippen LogP contribution in [0.5, 0.6) is 0 Å². The van der Waals surface area contributed by atoms with Gasteiger partial charge < -0.3 is 10.2 Å². The standard InChI is InChI=1S/C14H18BrClN2O.ClH/c1-18(12-6-7-17-9-12)14(19)5-2-10-8-11(16)3-4-13(10)15;/h3-4,8,12,17H,2,5-7,9H2,1H3;1H. The van der Waals surface area contributed by atoms with E-state index in [1.54, 1.807) is 0 Å². The predicted octanol–water partition coefficient (Wildman–Crippen LogP) is 3.28. The van der Waals surface area contributed by atoms with E-state index in [1.807, 2.05) is 30.1 Å². The molecule has 3 nitrogen and oxygen atoms in total. The Morgan fingerprint density at radius 1 is 1.55 bits per heavy atom. The van der Waals surface area contributed by atoms with Crippen molar-refractivity contribution in [2.24, 2.45) is 0 Å². The molecule has 1 fully saturated rings. The van der Waals surface area contributed by atoms with Gasteiger partial charge in [-0.25, -0.2) is 0 Å². The van der Waals surface area contributed by atoms with Crippen LogP contribution in [-0.4, -0.2) is 37.0 Å². The number of aryl methyl sites for hydroxylation is 1. The smallest absolute Gasteiger partial charge is 0.222 e. The molecule has 1 aliphatic rings. The third-order valence-electron chi connectivity index (χ3n) is 3.59. The zero-order chi connectivity index (χ0) is 13.8. The molecule has 0 spiro atoms. The Bertz CT molecular complexity index is 464. The molecule has 1 N–H and O–H groups in total. The molecule has 1 saturated heterocycles.